The fraction of sp³-hybridized carbons (Fsp3) is 0.424. The number of ether oxygens (including phenoxy) is 2. The van der Waals surface area contributed by atoms with Crippen molar-refractivity contribution in [1.29, 1.82) is 0 Å². The van der Waals surface area contributed by atoms with E-state index in [4.69, 9.17) is 13.9 Å². The number of fused-ring (bicyclic) bond motifs is 2. The number of carbonyl (C=O) groups is 2. The lowest BCUT2D eigenvalue weighted by Crippen LogP contribution is -2.43. The number of benzene rings is 2. The Hall–Kier alpha value is -4.48. The van der Waals surface area contributed by atoms with Crippen LogP contribution >= 0.6 is 0 Å². The van der Waals surface area contributed by atoms with Crippen molar-refractivity contribution in [2.75, 3.05) is 33.3 Å². The van der Waals surface area contributed by atoms with E-state index in [1.807, 2.05) is 62.1 Å². The highest BCUT2D eigenvalue weighted by Crippen LogP contribution is 2.39. The Morgan fingerprint density at radius 3 is 2.49 bits per heavy atom. The van der Waals surface area contributed by atoms with Gasteiger partial charge in [-0.05, 0) is 81.0 Å². The van der Waals surface area contributed by atoms with E-state index in [-0.39, 0.29) is 36.4 Å². The van der Waals surface area contributed by atoms with Crippen LogP contribution in [-0.4, -0.2) is 76.6 Å². The summed E-state index contributed by atoms with van der Waals surface area (Å²) in [5.74, 6) is -0.456. The molecule has 1 saturated heterocycles. The third-order valence-corrected chi connectivity index (χ3v) is 8.24. The van der Waals surface area contributed by atoms with Crippen LogP contribution in [0.2, 0.25) is 0 Å². The fourth-order valence-corrected chi connectivity index (χ4v) is 6.07. The maximum Gasteiger partial charge on any atom is 0.410 e. The molecule has 2 aromatic carbocycles. The second-order valence-electron chi connectivity index (χ2n) is 12.6. The van der Waals surface area contributed by atoms with Crippen molar-refractivity contribution in [1.82, 2.24) is 19.6 Å². The lowest BCUT2D eigenvalue weighted by molar-refractivity contribution is -0.141. The SMILES string of the molecule is COc1cc(-c2coc3cc(-c4cnn(C5CCN(C(=O)OC(C)(C)C)CC5)c4)ccc23)cc2c1C(=O)N(CC(F)(F)F)CC2. The molecular weight excluding hydrogens is 589 g/mol. The number of carbonyl (C=O) groups excluding carboxylic acids is 2. The maximum absolute atomic E-state index is 13.0. The molecular formula is C33H35F3N4O5. The van der Waals surface area contributed by atoms with Crippen LogP contribution in [0, 0.1) is 0 Å². The molecule has 2 aliphatic heterocycles. The Balaban J connectivity index is 1.19. The zero-order valence-corrected chi connectivity index (χ0v) is 25.6. The van der Waals surface area contributed by atoms with Crippen LogP contribution in [0.4, 0.5) is 18.0 Å². The fourth-order valence-electron chi connectivity index (χ4n) is 6.07. The van der Waals surface area contributed by atoms with Crippen molar-refractivity contribution >= 4 is 23.0 Å². The van der Waals surface area contributed by atoms with Crippen LogP contribution in [-0.2, 0) is 11.2 Å². The average Bonchev–Trinajstić information content (AvgIpc) is 3.64. The summed E-state index contributed by atoms with van der Waals surface area (Å²) in [4.78, 5) is 27.9. The minimum atomic E-state index is -4.48. The highest BCUT2D eigenvalue weighted by atomic mass is 19.4. The molecule has 12 heteroatoms. The first-order valence-corrected chi connectivity index (χ1v) is 14.9. The summed E-state index contributed by atoms with van der Waals surface area (Å²) >= 11 is 0. The molecule has 238 valence electrons. The third kappa shape index (κ3) is 6.36. The smallest absolute Gasteiger partial charge is 0.410 e. The van der Waals surface area contributed by atoms with Gasteiger partial charge in [-0.3, -0.25) is 9.48 Å². The maximum atomic E-state index is 13.0. The lowest BCUT2D eigenvalue weighted by Gasteiger charge is -2.33. The Morgan fingerprint density at radius 2 is 1.80 bits per heavy atom. The van der Waals surface area contributed by atoms with Crippen molar-refractivity contribution in [2.24, 2.45) is 0 Å². The second kappa shape index (κ2) is 11.5. The minimum Gasteiger partial charge on any atom is -0.496 e. The highest BCUT2D eigenvalue weighted by molar-refractivity contribution is 6.02. The number of aromatic nitrogens is 2. The van der Waals surface area contributed by atoms with Crippen LogP contribution in [0.3, 0.4) is 0 Å². The van der Waals surface area contributed by atoms with Crippen molar-refractivity contribution in [3.63, 3.8) is 0 Å². The van der Waals surface area contributed by atoms with Gasteiger partial charge < -0.3 is 23.7 Å². The van der Waals surface area contributed by atoms with Gasteiger partial charge in [0.25, 0.3) is 5.91 Å². The first kappa shape index (κ1) is 30.5. The molecule has 0 bridgehead atoms. The molecule has 1 fully saturated rings. The Labute approximate surface area is 258 Å². The molecule has 0 unspecified atom stereocenters. The van der Waals surface area contributed by atoms with E-state index < -0.39 is 24.2 Å². The van der Waals surface area contributed by atoms with E-state index in [1.165, 1.54) is 7.11 Å². The zero-order chi connectivity index (χ0) is 32.1. The number of amides is 2. The molecule has 0 spiro atoms. The predicted octanol–water partition coefficient (Wildman–Crippen LogP) is 7.10. The van der Waals surface area contributed by atoms with Crippen LogP contribution in [0.15, 0.2) is 53.4 Å². The number of likely N-dealkylation sites (tertiary alicyclic amines) is 1. The molecule has 6 rings (SSSR count). The molecule has 45 heavy (non-hydrogen) atoms. The molecule has 2 aromatic heterocycles. The Kier molecular flexibility index (Phi) is 7.78. The van der Waals surface area contributed by atoms with E-state index in [0.717, 1.165) is 45.4 Å². The summed E-state index contributed by atoms with van der Waals surface area (Å²) in [7, 11) is 1.40. The van der Waals surface area contributed by atoms with Crippen LogP contribution in [0.1, 0.15) is 55.6 Å². The number of halogens is 3. The number of methoxy groups -OCH3 is 1. The molecule has 0 aliphatic carbocycles. The van der Waals surface area contributed by atoms with Crippen molar-refractivity contribution in [2.45, 2.75) is 57.9 Å². The van der Waals surface area contributed by atoms with Gasteiger partial charge >= 0.3 is 12.3 Å². The molecule has 2 amide bonds. The van der Waals surface area contributed by atoms with Gasteiger partial charge in [0.1, 0.15) is 23.5 Å². The number of rotatable bonds is 5. The van der Waals surface area contributed by atoms with E-state index in [9.17, 15) is 22.8 Å². The topological polar surface area (TPSA) is 90.0 Å². The largest absolute Gasteiger partial charge is 0.496 e. The van der Waals surface area contributed by atoms with Crippen LogP contribution < -0.4 is 4.74 Å². The third-order valence-electron chi connectivity index (χ3n) is 8.24. The first-order chi connectivity index (χ1) is 21.3. The number of alkyl halides is 3. The first-order valence-electron chi connectivity index (χ1n) is 14.9. The van der Waals surface area contributed by atoms with E-state index in [2.05, 4.69) is 5.10 Å². The molecule has 0 radical (unpaired) electrons. The Morgan fingerprint density at radius 1 is 1.04 bits per heavy atom. The van der Waals surface area contributed by atoms with Gasteiger partial charge in [0.15, 0.2) is 0 Å². The van der Waals surface area contributed by atoms with Gasteiger partial charge in [-0.15, -0.1) is 0 Å². The summed E-state index contributed by atoms with van der Waals surface area (Å²) in [5.41, 5.74) is 4.34. The second-order valence-corrected chi connectivity index (χ2v) is 12.6. The lowest BCUT2D eigenvalue weighted by atomic mass is 9.92. The van der Waals surface area contributed by atoms with Crippen molar-refractivity contribution in [3.05, 3.63) is 60.1 Å². The number of furan rings is 1. The summed E-state index contributed by atoms with van der Waals surface area (Å²) in [6.07, 6.45) is 2.53. The quantitative estimate of drug-likeness (QED) is 0.235. The predicted molar refractivity (Wildman–Crippen MR) is 161 cm³/mol. The summed E-state index contributed by atoms with van der Waals surface area (Å²) in [5, 5.41) is 5.46. The summed E-state index contributed by atoms with van der Waals surface area (Å²) in [6, 6.07) is 9.56. The van der Waals surface area contributed by atoms with Crippen LogP contribution in [0.5, 0.6) is 5.75 Å². The normalized spacial score (nSPS) is 16.3. The summed E-state index contributed by atoms with van der Waals surface area (Å²) in [6.45, 7) is 5.46. The number of hydrogen-bond acceptors (Lipinski definition) is 6. The number of nitrogens with zero attached hydrogens (tertiary/aromatic N) is 4. The monoisotopic (exact) mass is 624 g/mol. The molecule has 2 aliphatic rings. The van der Waals surface area contributed by atoms with Gasteiger partial charge in [-0.2, -0.15) is 18.3 Å². The molecule has 9 nitrogen and oxygen atoms in total. The number of hydrogen-bond donors (Lipinski definition) is 0. The summed E-state index contributed by atoms with van der Waals surface area (Å²) < 4.78 is 57.9. The Bertz CT molecular complexity index is 1730. The molecule has 4 aromatic rings. The highest BCUT2D eigenvalue weighted by Gasteiger charge is 2.37. The van der Waals surface area contributed by atoms with E-state index in [1.54, 1.807) is 17.2 Å². The van der Waals surface area contributed by atoms with Crippen molar-refractivity contribution in [3.8, 4) is 28.0 Å². The number of piperidine rings is 1. The van der Waals surface area contributed by atoms with Gasteiger partial charge in [-0.1, -0.05) is 6.07 Å². The van der Waals surface area contributed by atoms with Gasteiger partial charge in [0.2, 0.25) is 0 Å². The van der Waals surface area contributed by atoms with Crippen molar-refractivity contribution < 1.29 is 36.7 Å². The standard InChI is InChI=1S/C33H35F3N4O5/c1-32(2,3)45-31(42)38-11-8-24(9-12-38)40-17-23(16-37-40)20-5-6-25-26(18-44-27(25)14-20)22-13-21-7-10-39(19-33(34,35)36)30(41)29(21)28(15-22)43-4/h5-6,13-18,24H,7-12,19H2,1-4H3. The van der Waals surface area contributed by atoms with Gasteiger partial charge in [0.05, 0.1) is 31.2 Å². The molecule has 4 heterocycles. The van der Waals surface area contributed by atoms with Gasteiger partial charge in [-0.25, -0.2) is 4.79 Å². The van der Waals surface area contributed by atoms with Crippen LogP contribution in [0.25, 0.3) is 33.2 Å². The van der Waals surface area contributed by atoms with Gasteiger partial charge in [0, 0.05) is 42.3 Å². The van der Waals surface area contributed by atoms with E-state index in [0.29, 0.717) is 24.2 Å². The molecule has 0 atom stereocenters. The van der Waals surface area contributed by atoms with E-state index >= 15 is 0 Å². The molecule has 0 saturated carbocycles. The molecule has 0 N–H and O–H groups in total. The average molecular weight is 625 g/mol. The minimum absolute atomic E-state index is 0.0238. The zero-order valence-electron chi connectivity index (χ0n) is 25.6.